The second-order valence-corrected chi connectivity index (χ2v) is 11.6. The number of hydrogen-bond donors (Lipinski definition) is 4. The van der Waals surface area contributed by atoms with Crippen LogP contribution >= 0.6 is 23.2 Å². The van der Waals surface area contributed by atoms with Crippen molar-refractivity contribution in [1.82, 2.24) is 9.55 Å². The Kier molecular flexibility index (Phi) is 11.1. The third-order valence-electron chi connectivity index (χ3n) is 7.48. The van der Waals surface area contributed by atoms with Crippen molar-refractivity contribution in [3.63, 3.8) is 0 Å². The first kappa shape index (κ1) is 32.5. The molecule has 1 fully saturated rings. The van der Waals surface area contributed by atoms with Gasteiger partial charge in [-0.3, -0.25) is 9.59 Å². The van der Waals surface area contributed by atoms with Crippen molar-refractivity contribution in [1.29, 1.82) is 0 Å². The number of nitrogens with zero attached hydrogens (tertiary/aromatic N) is 2. The quantitative estimate of drug-likeness (QED) is 0.0993. The molecule has 0 saturated carbocycles. The third kappa shape index (κ3) is 8.84. The highest BCUT2D eigenvalue weighted by Crippen LogP contribution is 2.39. The van der Waals surface area contributed by atoms with Crippen molar-refractivity contribution in [2.24, 2.45) is 0 Å². The first-order valence-electron chi connectivity index (χ1n) is 14.7. The number of imidazole rings is 1. The van der Waals surface area contributed by atoms with Crippen LogP contribution in [-0.2, 0) is 32.2 Å². The van der Waals surface area contributed by atoms with E-state index in [9.17, 15) is 14.7 Å². The average molecular weight is 653 g/mol. The molecule has 10 nitrogen and oxygen atoms in total. The standard InChI is InChI=1S/C33H35Cl2N5O5/c34-31-32(35)40(20-37-31)18-25-17-28(22-14-12-21(19-41)13-15-22)45-33(44-25)23-6-5-7-24(16-23)38-29(42)10-3-4-11-30(43)39-27-9-2-1-8-26(27)36/h1-2,5-9,12-16,20,25,28,33,41H,3-4,10-11,17-19,36H2,(H,38,42)(H,39,43)/t25-,28+,33+/m0/s1. The maximum absolute atomic E-state index is 12.7. The Hall–Kier alpha value is -3.93. The zero-order valence-corrected chi connectivity index (χ0v) is 26.0. The van der Waals surface area contributed by atoms with Gasteiger partial charge in [0.15, 0.2) is 11.4 Å². The van der Waals surface area contributed by atoms with Gasteiger partial charge in [0.05, 0.1) is 43.1 Å². The van der Waals surface area contributed by atoms with Gasteiger partial charge in [0, 0.05) is 30.5 Å². The molecule has 0 radical (unpaired) electrons. The molecule has 3 aromatic carbocycles. The van der Waals surface area contributed by atoms with Gasteiger partial charge in [-0.2, -0.15) is 0 Å². The van der Waals surface area contributed by atoms with Gasteiger partial charge in [0.2, 0.25) is 11.8 Å². The van der Waals surface area contributed by atoms with Crippen LogP contribution in [0.5, 0.6) is 0 Å². The normalized spacial score (nSPS) is 18.0. The van der Waals surface area contributed by atoms with Crippen molar-refractivity contribution in [3.05, 3.63) is 106 Å². The maximum Gasteiger partial charge on any atom is 0.224 e. The van der Waals surface area contributed by atoms with Gasteiger partial charge in [-0.25, -0.2) is 4.98 Å². The third-order valence-corrected chi connectivity index (χ3v) is 8.25. The van der Waals surface area contributed by atoms with E-state index in [4.69, 9.17) is 38.4 Å². The van der Waals surface area contributed by atoms with Crippen LogP contribution in [0.2, 0.25) is 10.3 Å². The number of nitrogen functional groups attached to an aromatic ring is 1. The average Bonchev–Trinajstić information content (AvgIpc) is 3.36. The Balaban J connectivity index is 1.19. The fourth-order valence-electron chi connectivity index (χ4n) is 5.10. The van der Waals surface area contributed by atoms with Gasteiger partial charge in [0.25, 0.3) is 0 Å². The van der Waals surface area contributed by atoms with Crippen molar-refractivity contribution < 1.29 is 24.2 Å². The molecular weight excluding hydrogens is 617 g/mol. The van der Waals surface area contributed by atoms with Crippen LogP contribution in [0.15, 0.2) is 79.1 Å². The summed E-state index contributed by atoms with van der Waals surface area (Å²) in [6.45, 7) is 0.370. The van der Waals surface area contributed by atoms with E-state index in [0.717, 1.165) is 16.7 Å². The van der Waals surface area contributed by atoms with E-state index in [1.165, 1.54) is 0 Å². The molecule has 0 bridgehead atoms. The summed E-state index contributed by atoms with van der Waals surface area (Å²) in [4.78, 5) is 29.0. The molecule has 0 aliphatic carbocycles. The number of nitrogens with one attached hydrogen (secondary N) is 2. The molecule has 2 amide bonds. The van der Waals surface area contributed by atoms with E-state index in [1.54, 1.807) is 41.2 Å². The molecule has 1 aromatic heterocycles. The van der Waals surface area contributed by atoms with Crippen molar-refractivity contribution in [2.75, 3.05) is 16.4 Å². The van der Waals surface area contributed by atoms with Crippen molar-refractivity contribution in [2.45, 2.75) is 63.8 Å². The molecule has 0 spiro atoms. The monoisotopic (exact) mass is 651 g/mol. The van der Waals surface area contributed by atoms with Gasteiger partial charge < -0.3 is 35.5 Å². The lowest BCUT2D eigenvalue weighted by Crippen LogP contribution is -2.32. The number of rotatable bonds is 12. The zero-order chi connectivity index (χ0) is 31.8. The number of ether oxygens (including phenoxy) is 2. The molecule has 1 aliphatic rings. The predicted octanol–water partition coefficient (Wildman–Crippen LogP) is 6.65. The first-order valence-corrected chi connectivity index (χ1v) is 15.5. The number of benzene rings is 3. The fraction of sp³-hybridized carbons (Fsp3) is 0.303. The first-order chi connectivity index (χ1) is 21.8. The lowest BCUT2D eigenvalue weighted by molar-refractivity contribution is -0.252. The summed E-state index contributed by atoms with van der Waals surface area (Å²) >= 11 is 12.4. The van der Waals surface area contributed by atoms with Gasteiger partial charge in [0.1, 0.15) is 5.15 Å². The molecule has 45 heavy (non-hydrogen) atoms. The number of nitrogens with two attached hydrogens (primary N) is 1. The second-order valence-electron chi connectivity index (χ2n) is 10.8. The Labute approximate surface area is 271 Å². The number of anilines is 3. The van der Waals surface area contributed by atoms with Crippen LogP contribution in [0.1, 0.15) is 61.2 Å². The van der Waals surface area contributed by atoms with E-state index in [2.05, 4.69) is 15.6 Å². The zero-order valence-electron chi connectivity index (χ0n) is 24.5. The number of unbranched alkanes of at least 4 members (excludes halogenated alkanes) is 1. The Morgan fingerprint density at radius 1 is 0.933 bits per heavy atom. The molecule has 3 atom stereocenters. The number of amides is 2. The number of halogens is 2. The van der Waals surface area contributed by atoms with Crippen LogP contribution in [0.4, 0.5) is 17.1 Å². The summed E-state index contributed by atoms with van der Waals surface area (Å²) in [6, 6.07) is 22.0. The summed E-state index contributed by atoms with van der Waals surface area (Å²) in [5.41, 5.74) is 10.1. The highest BCUT2D eigenvalue weighted by atomic mass is 35.5. The topological polar surface area (TPSA) is 141 Å². The summed E-state index contributed by atoms with van der Waals surface area (Å²) in [6.07, 6.45) is 2.48. The second kappa shape index (κ2) is 15.4. The van der Waals surface area contributed by atoms with Crippen LogP contribution in [-0.4, -0.2) is 32.6 Å². The molecule has 4 aromatic rings. The number of para-hydroxylation sites is 2. The highest BCUT2D eigenvalue weighted by Gasteiger charge is 2.33. The smallest absolute Gasteiger partial charge is 0.224 e. The maximum atomic E-state index is 12.7. The van der Waals surface area contributed by atoms with E-state index in [0.29, 0.717) is 48.0 Å². The minimum atomic E-state index is -0.724. The molecule has 236 valence electrons. The van der Waals surface area contributed by atoms with Gasteiger partial charge in [-0.1, -0.05) is 71.7 Å². The highest BCUT2D eigenvalue weighted by molar-refractivity contribution is 6.40. The molecule has 1 aliphatic heterocycles. The molecule has 0 unspecified atom stereocenters. The number of hydrogen-bond acceptors (Lipinski definition) is 7. The van der Waals surface area contributed by atoms with Crippen LogP contribution < -0.4 is 16.4 Å². The lowest BCUT2D eigenvalue weighted by atomic mass is 10.00. The minimum absolute atomic E-state index is 0.0439. The number of carbonyl (C=O) groups excluding carboxylic acids is 2. The summed E-state index contributed by atoms with van der Waals surface area (Å²) in [5, 5.41) is 15.8. The van der Waals surface area contributed by atoms with E-state index in [1.807, 2.05) is 42.5 Å². The Morgan fingerprint density at radius 2 is 1.67 bits per heavy atom. The minimum Gasteiger partial charge on any atom is -0.397 e. The summed E-state index contributed by atoms with van der Waals surface area (Å²) in [7, 11) is 0. The molecule has 12 heteroatoms. The molecule has 1 saturated heterocycles. The number of aromatic nitrogens is 2. The Bertz CT molecular complexity index is 1610. The Morgan fingerprint density at radius 3 is 2.36 bits per heavy atom. The van der Waals surface area contributed by atoms with Crippen LogP contribution in [0, 0.1) is 0 Å². The van der Waals surface area contributed by atoms with Crippen molar-refractivity contribution in [3.8, 4) is 0 Å². The largest absolute Gasteiger partial charge is 0.397 e. The van der Waals surface area contributed by atoms with Gasteiger partial charge in [-0.15, -0.1) is 0 Å². The lowest BCUT2D eigenvalue weighted by Gasteiger charge is -2.36. The molecule has 5 rings (SSSR count). The number of carbonyl (C=O) groups is 2. The number of aliphatic hydroxyl groups excluding tert-OH is 1. The summed E-state index contributed by atoms with van der Waals surface area (Å²) in [5.74, 6) is -0.301. The van der Waals surface area contributed by atoms with E-state index in [-0.39, 0.29) is 48.6 Å². The van der Waals surface area contributed by atoms with Crippen LogP contribution in [0.25, 0.3) is 0 Å². The summed E-state index contributed by atoms with van der Waals surface area (Å²) < 4.78 is 14.5. The predicted molar refractivity (Wildman–Crippen MR) is 174 cm³/mol. The van der Waals surface area contributed by atoms with Crippen molar-refractivity contribution >= 4 is 52.1 Å². The molecular formula is C33H35Cl2N5O5. The fourth-order valence-corrected chi connectivity index (χ4v) is 5.42. The SMILES string of the molecule is Nc1ccccc1NC(=O)CCCCC(=O)Nc1cccc([C@@H]2O[C@H](Cn3cnc(Cl)c3Cl)C[C@H](c3ccc(CO)cc3)O2)c1. The molecule has 2 heterocycles. The number of aliphatic hydroxyl groups is 1. The van der Waals surface area contributed by atoms with E-state index >= 15 is 0 Å². The van der Waals surface area contributed by atoms with Gasteiger partial charge >= 0.3 is 0 Å². The molecule has 5 N–H and O–H groups in total. The van der Waals surface area contributed by atoms with E-state index < -0.39 is 6.29 Å². The van der Waals surface area contributed by atoms with Crippen LogP contribution in [0.3, 0.4) is 0 Å². The van der Waals surface area contributed by atoms with Gasteiger partial charge in [-0.05, 0) is 48.2 Å².